The molecule has 9 heteroatoms. The van der Waals surface area contributed by atoms with Gasteiger partial charge in [0.25, 0.3) is 17.7 Å². The quantitative estimate of drug-likeness (QED) is 0.730. The predicted octanol–water partition coefficient (Wildman–Crippen LogP) is 3.25. The van der Waals surface area contributed by atoms with Crippen molar-refractivity contribution in [3.05, 3.63) is 69.8 Å². The fourth-order valence-corrected chi connectivity index (χ4v) is 3.72. The normalized spacial score (nSPS) is 17.0. The number of ether oxygens (including phenoxy) is 1. The van der Waals surface area contributed by atoms with Crippen LogP contribution in [0.3, 0.4) is 0 Å². The lowest BCUT2D eigenvalue weighted by Gasteiger charge is -2.27. The highest BCUT2D eigenvalue weighted by Gasteiger charge is 2.39. The van der Waals surface area contributed by atoms with Crippen LogP contribution in [0.15, 0.2) is 59.3 Å². The van der Waals surface area contributed by atoms with Crippen molar-refractivity contribution in [2.75, 3.05) is 36.5 Å². The Morgan fingerprint density at radius 1 is 0.967 bits per heavy atom. The van der Waals surface area contributed by atoms with Crippen molar-refractivity contribution in [3.63, 3.8) is 0 Å². The summed E-state index contributed by atoms with van der Waals surface area (Å²) in [7, 11) is 0. The largest absolute Gasteiger partial charge is 0.378 e. The van der Waals surface area contributed by atoms with Crippen molar-refractivity contribution in [1.29, 1.82) is 0 Å². The van der Waals surface area contributed by atoms with E-state index in [4.69, 9.17) is 27.9 Å². The number of hydrogen-bond donors (Lipinski definition) is 1. The molecule has 7 nitrogen and oxygen atoms in total. The first-order chi connectivity index (χ1) is 14.5. The van der Waals surface area contributed by atoms with Gasteiger partial charge in [0.1, 0.15) is 10.7 Å². The molecule has 3 amide bonds. The topological polar surface area (TPSA) is 79.0 Å². The molecule has 0 unspecified atom stereocenters. The van der Waals surface area contributed by atoms with Crippen LogP contribution in [0.25, 0.3) is 0 Å². The molecule has 154 valence electrons. The molecule has 2 aliphatic heterocycles. The number of imide groups is 1. The van der Waals surface area contributed by atoms with Gasteiger partial charge in [0.2, 0.25) is 0 Å². The molecule has 0 radical (unpaired) electrons. The van der Waals surface area contributed by atoms with Gasteiger partial charge in [-0.05, 0) is 30.3 Å². The fourth-order valence-electron chi connectivity index (χ4n) is 3.29. The number of morpholine rings is 1. The van der Waals surface area contributed by atoms with E-state index in [9.17, 15) is 14.4 Å². The summed E-state index contributed by atoms with van der Waals surface area (Å²) >= 11 is 12.3. The lowest BCUT2D eigenvalue weighted by Crippen LogP contribution is -2.40. The van der Waals surface area contributed by atoms with Crippen LogP contribution in [0.1, 0.15) is 10.4 Å². The first kappa shape index (κ1) is 20.4. The molecular weight excluding hydrogens is 429 g/mol. The maximum Gasteiger partial charge on any atom is 0.283 e. The van der Waals surface area contributed by atoms with Crippen molar-refractivity contribution < 1.29 is 19.1 Å². The molecule has 1 saturated heterocycles. The zero-order valence-corrected chi connectivity index (χ0v) is 17.2. The molecule has 1 fully saturated rings. The Kier molecular flexibility index (Phi) is 5.76. The first-order valence-corrected chi connectivity index (χ1v) is 10.00. The SMILES string of the molecule is O=C(c1cccc(NC2=C(Cl)C(=O)N(c3ccccc3Cl)C2=O)c1)N1CCOCC1. The third-order valence-electron chi connectivity index (χ3n) is 4.80. The van der Waals surface area contributed by atoms with Crippen molar-refractivity contribution in [1.82, 2.24) is 4.90 Å². The highest BCUT2D eigenvalue weighted by Crippen LogP contribution is 2.34. The van der Waals surface area contributed by atoms with Crippen molar-refractivity contribution in [2.24, 2.45) is 0 Å². The van der Waals surface area contributed by atoms with E-state index in [1.807, 2.05) is 0 Å². The molecule has 2 aromatic rings. The average Bonchev–Trinajstić information content (AvgIpc) is 2.98. The Labute approximate surface area is 182 Å². The summed E-state index contributed by atoms with van der Waals surface area (Å²) in [5, 5.41) is 2.89. The Morgan fingerprint density at radius 3 is 2.43 bits per heavy atom. The van der Waals surface area contributed by atoms with Crippen LogP contribution in [-0.4, -0.2) is 48.9 Å². The number of nitrogens with one attached hydrogen (secondary N) is 1. The molecular formula is C21H17Cl2N3O4. The first-order valence-electron chi connectivity index (χ1n) is 9.24. The molecule has 0 saturated carbocycles. The summed E-state index contributed by atoms with van der Waals surface area (Å²) in [6.07, 6.45) is 0. The third kappa shape index (κ3) is 3.79. The van der Waals surface area contributed by atoms with E-state index in [-0.39, 0.29) is 27.3 Å². The van der Waals surface area contributed by atoms with Gasteiger partial charge in [-0.1, -0.05) is 41.4 Å². The van der Waals surface area contributed by atoms with Gasteiger partial charge >= 0.3 is 0 Å². The second-order valence-electron chi connectivity index (χ2n) is 6.70. The van der Waals surface area contributed by atoms with Crippen LogP contribution in [0.4, 0.5) is 11.4 Å². The number of carbonyl (C=O) groups excluding carboxylic acids is 3. The number of hydrogen-bond acceptors (Lipinski definition) is 5. The van der Waals surface area contributed by atoms with Gasteiger partial charge < -0.3 is 15.0 Å². The number of halogens is 2. The van der Waals surface area contributed by atoms with Crippen LogP contribution < -0.4 is 10.2 Å². The van der Waals surface area contributed by atoms with Gasteiger partial charge in [-0.2, -0.15) is 0 Å². The van der Waals surface area contributed by atoms with E-state index < -0.39 is 11.8 Å². The maximum absolute atomic E-state index is 12.9. The molecule has 0 bridgehead atoms. The van der Waals surface area contributed by atoms with Crippen LogP contribution in [0, 0.1) is 0 Å². The van der Waals surface area contributed by atoms with E-state index >= 15 is 0 Å². The van der Waals surface area contributed by atoms with Crippen LogP contribution in [-0.2, 0) is 14.3 Å². The zero-order chi connectivity index (χ0) is 21.3. The molecule has 0 aromatic heterocycles. The van der Waals surface area contributed by atoms with Gasteiger partial charge in [0, 0.05) is 24.3 Å². The molecule has 2 aromatic carbocycles. The lowest BCUT2D eigenvalue weighted by molar-refractivity contribution is -0.120. The Hall–Kier alpha value is -2.87. The van der Waals surface area contributed by atoms with Gasteiger partial charge in [-0.25, -0.2) is 4.90 Å². The molecule has 1 N–H and O–H groups in total. The standard InChI is InChI=1S/C21H17Cl2N3O4/c22-15-6-1-2-7-16(15)26-20(28)17(23)18(21(26)29)24-14-5-3-4-13(12-14)19(27)25-8-10-30-11-9-25/h1-7,12,24H,8-11H2. The smallest absolute Gasteiger partial charge is 0.283 e. The number of carbonyl (C=O) groups is 3. The minimum Gasteiger partial charge on any atom is -0.378 e. The van der Waals surface area contributed by atoms with Gasteiger partial charge in [-0.15, -0.1) is 0 Å². The maximum atomic E-state index is 12.9. The Bertz CT molecular complexity index is 1060. The van der Waals surface area contributed by atoms with E-state index in [1.165, 1.54) is 0 Å². The molecule has 0 spiro atoms. The molecule has 0 aliphatic carbocycles. The van der Waals surface area contributed by atoms with E-state index in [2.05, 4.69) is 5.32 Å². The third-order valence-corrected chi connectivity index (χ3v) is 5.47. The van der Waals surface area contributed by atoms with Crippen molar-refractivity contribution in [2.45, 2.75) is 0 Å². The van der Waals surface area contributed by atoms with E-state index in [0.717, 1.165) is 4.90 Å². The Morgan fingerprint density at radius 2 is 1.70 bits per heavy atom. The predicted molar refractivity (Wildman–Crippen MR) is 114 cm³/mol. The Balaban J connectivity index is 1.57. The second-order valence-corrected chi connectivity index (χ2v) is 7.48. The number of para-hydroxylation sites is 1. The summed E-state index contributed by atoms with van der Waals surface area (Å²) in [5.41, 5.74) is 1.10. The number of rotatable bonds is 4. The average molecular weight is 446 g/mol. The van der Waals surface area contributed by atoms with Crippen molar-refractivity contribution in [3.8, 4) is 0 Å². The highest BCUT2D eigenvalue weighted by atomic mass is 35.5. The summed E-state index contributed by atoms with van der Waals surface area (Å²) < 4.78 is 5.28. The lowest BCUT2D eigenvalue weighted by atomic mass is 10.1. The summed E-state index contributed by atoms with van der Waals surface area (Å²) in [6.45, 7) is 2.04. The van der Waals surface area contributed by atoms with Crippen LogP contribution >= 0.6 is 23.2 Å². The van der Waals surface area contributed by atoms with Crippen LogP contribution in [0.5, 0.6) is 0 Å². The molecule has 2 aliphatic rings. The molecule has 30 heavy (non-hydrogen) atoms. The molecule has 4 rings (SSSR count). The van der Waals surface area contributed by atoms with E-state index in [1.54, 1.807) is 53.4 Å². The number of amides is 3. The monoisotopic (exact) mass is 445 g/mol. The minimum atomic E-state index is -0.669. The second kappa shape index (κ2) is 8.47. The number of nitrogens with zero attached hydrogens (tertiary/aromatic N) is 2. The van der Waals surface area contributed by atoms with Gasteiger partial charge in [-0.3, -0.25) is 14.4 Å². The summed E-state index contributed by atoms with van der Waals surface area (Å²) in [5.74, 6) is -1.42. The van der Waals surface area contributed by atoms with Gasteiger partial charge in [0.05, 0.1) is 23.9 Å². The van der Waals surface area contributed by atoms with E-state index in [0.29, 0.717) is 37.6 Å². The number of benzene rings is 2. The zero-order valence-electron chi connectivity index (χ0n) is 15.7. The van der Waals surface area contributed by atoms with Crippen molar-refractivity contribution >= 4 is 52.3 Å². The summed E-state index contributed by atoms with van der Waals surface area (Å²) in [6, 6.07) is 13.2. The minimum absolute atomic E-state index is 0.0717. The van der Waals surface area contributed by atoms with Gasteiger partial charge in [0.15, 0.2) is 0 Å². The molecule has 2 heterocycles. The highest BCUT2D eigenvalue weighted by molar-refractivity contribution is 6.53. The van der Waals surface area contributed by atoms with Crippen LogP contribution in [0.2, 0.25) is 5.02 Å². The molecule has 0 atom stereocenters. The summed E-state index contributed by atoms with van der Waals surface area (Å²) in [4.78, 5) is 40.8. The fraction of sp³-hybridized carbons (Fsp3) is 0.190. The number of anilines is 2.